The van der Waals surface area contributed by atoms with Crippen LogP contribution in [-0.2, 0) is 13.2 Å². The number of carboxylic acid groups (broad SMARTS) is 1. The Balaban J connectivity index is 1.77. The fraction of sp³-hybridized carbons (Fsp3) is 0.174. The van der Waals surface area contributed by atoms with Gasteiger partial charge in [-0.2, -0.15) is 0 Å². The van der Waals surface area contributed by atoms with Crippen molar-refractivity contribution in [3.63, 3.8) is 0 Å². The van der Waals surface area contributed by atoms with Crippen LogP contribution in [0.1, 0.15) is 27.0 Å². The Morgan fingerprint density at radius 1 is 1.04 bits per heavy atom. The van der Waals surface area contributed by atoms with Crippen LogP contribution in [0.4, 0.5) is 5.69 Å². The van der Waals surface area contributed by atoms with E-state index in [1.54, 1.807) is 25.3 Å². The third-order valence-electron chi connectivity index (χ3n) is 4.45. The molecule has 3 rings (SSSR count). The summed E-state index contributed by atoms with van der Waals surface area (Å²) in [6.07, 6.45) is 0. The van der Waals surface area contributed by atoms with Crippen LogP contribution in [0, 0.1) is 6.92 Å². The zero-order valence-corrected chi connectivity index (χ0v) is 15.9. The Bertz CT molecular complexity index is 954. The highest BCUT2D eigenvalue weighted by Crippen LogP contribution is 2.32. The van der Waals surface area contributed by atoms with Gasteiger partial charge in [0.2, 0.25) is 0 Å². The van der Waals surface area contributed by atoms with E-state index in [1.165, 1.54) is 0 Å². The van der Waals surface area contributed by atoms with Crippen molar-refractivity contribution < 1.29 is 19.4 Å². The molecule has 0 radical (unpaired) electrons. The van der Waals surface area contributed by atoms with Gasteiger partial charge >= 0.3 is 5.97 Å². The monoisotopic (exact) mass is 377 g/mol. The number of hydrogen-bond acceptors (Lipinski definition) is 4. The number of aromatic carboxylic acids is 1. The summed E-state index contributed by atoms with van der Waals surface area (Å²) < 4.78 is 11.5. The molecule has 2 N–H and O–H groups in total. The van der Waals surface area contributed by atoms with E-state index in [2.05, 4.69) is 5.32 Å². The van der Waals surface area contributed by atoms with Crippen LogP contribution in [0.25, 0.3) is 0 Å². The first-order valence-electron chi connectivity index (χ1n) is 8.99. The molecule has 0 aliphatic rings. The quantitative estimate of drug-likeness (QED) is 0.585. The predicted molar refractivity (Wildman–Crippen MR) is 109 cm³/mol. The van der Waals surface area contributed by atoms with E-state index in [9.17, 15) is 4.79 Å². The number of para-hydroxylation sites is 1. The topological polar surface area (TPSA) is 67.8 Å². The molecule has 0 bridgehead atoms. The Kier molecular flexibility index (Phi) is 6.17. The SMILES string of the molecule is COc1cccc(CNc2ccc(C(=O)O)cc2C)c1OCc1ccccc1. The predicted octanol–water partition coefficient (Wildman–Crippen LogP) is 4.89. The molecule has 0 atom stereocenters. The number of benzene rings is 3. The second-order valence-electron chi connectivity index (χ2n) is 6.41. The van der Waals surface area contributed by atoms with Gasteiger partial charge < -0.3 is 19.9 Å². The standard InChI is InChI=1S/C23H23NO4/c1-16-13-18(23(25)26)11-12-20(16)24-14-19-9-6-10-21(27-2)22(19)28-15-17-7-4-3-5-8-17/h3-13,24H,14-15H2,1-2H3,(H,25,26). The zero-order valence-electron chi connectivity index (χ0n) is 15.9. The average Bonchev–Trinajstić information content (AvgIpc) is 2.72. The number of carbonyl (C=O) groups is 1. The molecule has 0 amide bonds. The zero-order chi connectivity index (χ0) is 19.9. The molecule has 0 saturated carbocycles. The summed E-state index contributed by atoms with van der Waals surface area (Å²) in [6.45, 7) is 2.85. The third kappa shape index (κ3) is 4.62. The molecule has 0 aliphatic carbocycles. The van der Waals surface area contributed by atoms with E-state index in [-0.39, 0.29) is 5.56 Å². The van der Waals surface area contributed by atoms with Crippen LogP contribution in [0.5, 0.6) is 11.5 Å². The van der Waals surface area contributed by atoms with Crippen molar-refractivity contribution >= 4 is 11.7 Å². The first-order valence-corrected chi connectivity index (χ1v) is 8.99. The van der Waals surface area contributed by atoms with Crippen molar-refractivity contribution in [1.82, 2.24) is 0 Å². The lowest BCUT2D eigenvalue weighted by atomic mass is 10.1. The Labute approximate surface area is 164 Å². The summed E-state index contributed by atoms with van der Waals surface area (Å²) in [5, 5.41) is 12.5. The van der Waals surface area contributed by atoms with Crippen molar-refractivity contribution in [2.75, 3.05) is 12.4 Å². The Morgan fingerprint density at radius 2 is 1.82 bits per heavy atom. The first kappa shape index (κ1) is 19.3. The van der Waals surface area contributed by atoms with Crippen LogP contribution in [0.3, 0.4) is 0 Å². The summed E-state index contributed by atoms with van der Waals surface area (Å²) in [6, 6.07) is 20.8. The molecule has 3 aromatic rings. The van der Waals surface area contributed by atoms with Gasteiger partial charge in [-0.3, -0.25) is 0 Å². The molecule has 0 heterocycles. The summed E-state index contributed by atoms with van der Waals surface area (Å²) in [7, 11) is 1.62. The normalized spacial score (nSPS) is 10.4. The van der Waals surface area contributed by atoms with Gasteiger partial charge in [-0.1, -0.05) is 42.5 Å². The van der Waals surface area contributed by atoms with Gasteiger partial charge in [0.05, 0.1) is 12.7 Å². The van der Waals surface area contributed by atoms with Crippen molar-refractivity contribution in [3.05, 3.63) is 89.0 Å². The number of ether oxygens (including phenoxy) is 2. The molecular weight excluding hydrogens is 354 g/mol. The number of nitrogens with one attached hydrogen (secondary N) is 1. The fourth-order valence-electron chi connectivity index (χ4n) is 2.94. The Hall–Kier alpha value is -3.47. The van der Waals surface area contributed by atoms with Crippen molar-refractivity contribution in [2.45, 2.75) is 20.1 Å². The molecule has 28 heavy (non-hydrogen) atoms. The molecule has 0 aliphatic heterocycles. The highest BCUT2D eigenvalue weighted by atomic mass is 16.5. The molecule has 144 valence electrons. The molecule has 0 saturated heterocycles. The van der Waals surface area contributed by atoms with Gasteiger partial charge in [0.25, 0.3) is 0 Å². The van der Waals surface area contributed by atoms with E-state index in [1.807, 2.05) is 55.5 Å². The van der Waals surface area contributed by atoms with Crippen LogP contribution in [0.15, 0.2) is 66.7 Å². The molecule has 3 aromatic carbocycles. The summed E-state index contributed by atoms with van der Waals surface area (Å²) >= 11 is 0. The van der Waals surface area contributed by atoms with Gasteiger partial charge in [0, 0.05) is 17.8 Å². The second-order valence-corrected chi connectivity index (χ2v) is 6.41. The van der Waals surface area contributed by atoms with E-state index < -0.39 is 5.97 Å². The largest absolute Gasteiger partial charge is 0.493 e. The third-order valence-corrected chi connectivity index (χ3v) is 4.45. The lowest BCUT2D eigenvalue weighted by Gasteiger charge is -2.17. The summed E-state index contributed by atoms with van der Waals surface area (Å²) in [5.74, 6) is 0.438. The van der Waals surface area contributed by atoms with Gasteiger partial charge in [-0.25, -0.2) is 4.79 Å². The molecule has 0 unspecified atom stereocenters. The molecule has 5 heteroatoms. The highest BCUT2D eigenvalue weighted by molar-refractivity contribution is 5.88. The number of aryl methyl sites for hydroxylation is 1. The van der Waals surface area contributed by atoms with Gasteiger partial charge in [0.1, 0.15) is 6.61 Å². The molecule has 0 fully saturated rings. The number of methoxy groups -OCH3 is 1. The number of hydrogen-bond donors (Lipinski definition) is 2. The average molecular weight is 377 g/mol. The minimum atomic E-state index is -0.931. The number of rotatable bonds is 8. The van der Waals surface area contributed by atoms with Crippen LogP contribution < -0.4 is 14.8 Å². The van der Waals surface area contributed by atoms with Crippen molar-refractivity contribution in [1.29, 1.82) is 0 Å². The maximum Gasteiger partial charge on any atom is 0.335 e. The number of carboxylic acids is 1. The molecular formula is C23H23NO4. The maximum absolute atomic E-state index is 11.1. The molecule has 0 aromatic heterocycles. The van der Waals surface area contributed by atoms with Gasteiger partial charge in [-0.15, -0.1) is 0 Å². The lowest BCUT2D eigenvalue weighted by Crippen LogP contribution is -2.06. The van der Waals surface area contributed by atoms with Gasteiger partial charge in [0.15, 0.2) is 11.5 Å². The fourth-order valence-corrected chi connectivity index (χ4v) is 2.94. The Morgan fingerprint density at radius 3 is 2.50 bits per heavy atom. The first-order chi connectivity index (χ1) is 13.6. The summed E-state index contributed by atoms with van der Waals surface area (Å²) in [4.78, 5) is 11.1. The van der Waals surface area contributed by atoms with Crippen LogP contribution in [0.2, 0.25) is 0 Å². The minimum Gasteiger partial charge on any atom is -0.493 e. The van der Waals surface area contributed by atoms with Gasteiger partial charge in [-0.05, 0) is 42.3 Å². The lowest BCUT2D eigenvalue weighted by molar-refractivity contribution is 0.0697. The number of anilines is 1. The maximum atomic E-state index is 11.1. The highest BCUT2D eigenvalue weighted by Gasteiger charge is 2.12. The smallest absolute Gasteiger partial charge is 0.335 e. The van der Waals surface area contributed by atoms with Crippen molar-refractivity contribution in [3.8, 4) is 11.5 Å². The minimum absolute atomic E-state index is 0.274. The van der Waals surface area contributed by atoms with E-state index >= 15 is 0 Å². The van der Waals surface area contributed by atoms with Crippen molar-refractivity contribution in [2.24, 2.45) is 0 Å². The second kappa shape index (κ2) is 8.95. The van der Waals surface area contributed by atoms with E-state index in [0.717, 1.165) is 22.4 Å². The molecule has 5 nitrogen and oxygen atoms in total. The van der Waals surface area contributed by atoms with Crippen LogP contribution >= 0.6 is 0 Å². The van der Waals surface area contributed by atoms with E-state index in [4.69, 9.17) is 14.6 Å². The van der Waals surface area contributed by atoms with E-state index in [0.29, 0.717) is 24.7 Å². The summed E-state index contributed by atoms with van der Waals surface area (Å²) in [5.41, 5.74) is 4.05. The molecule has 0 spiro atoms. The van der Waals surface area contributed by atoms with Crippen LogP contribution in [-0.4, -0.2) is 18.2 Å².